The Morgan fingerprint density at radius 1 is 1.19 bits per heavy atom. The van der Waals surface area contributed by atoms with Crippen molar-refractivity contribution in [2.75, 3.05) is 17.2 Å². The van der Waals surface area contributed by atoms with Gasteiger partial charge in [0.05, 0.1) is 18.2 Å². The van der Waals surface area contributed by atoms with Crippen LogP contribution in [-0.2, 0) is 17.6 Å². The molecular weight excluding hydrogens is 340 g/mol. The predicted molar refractivity (Wildman–Crippen MR) is 108 cm³/mol. The number of carbonyl (C=O) groups excluding carboxylic acids is 1. The second-order valence-corrected chi connectivity index (χ2v) is 7.79. The highest BCUT2D eigenvalue weighted by atomic mass is 32.2. The summed E-state index contributed by atoms with van der Waals surface area (Å²) in [6.45, 7) is 4.51. The number of nitrogens with zero attached hydrogens (tertiary/aromatic N) is 2. The fraction of sp³-hybridized carbons (Fsp3) is 0.364. The van der Waals surface area contributed by atoms with E-state index in [0.717, 1.165) is 28.1 Å². The topological polar surface area (TPSA) is 44.1 Å². The van der Waals surface area contributed by atoms with Crippen molar-refractivity contribution in [3.63, 3.8) is 0 Å². The van der Waals surface area contributed by atoms with E-state index in [4.69, 9.17) is 5.26 Å². The Balaban J connectivity index is 1.73. The first-order chi connectivity index (χ1) is 12.6. The Labute approximate surface area is 160 Å². The highest BCUT2D eigenvalue weighted by Gasteiger charge is 2.19. The van der Waals surface area contributed by atoms with Gasteiger partial charge in [-0.1, -0.05) is 18.2 Å². The van der Waals surface area contributed by atoms with E-state index in [1.807, 2.05) is 32.0 Å². The normalized spacial score (nSPS) is 12.5. The molecule has 26 heavy (non-hydrogen) atoms. The quantitative estimate of drug-likeness (QED) is 0.690. The summed E-state index contributed by atoms with van der Waals surface area (Å²) in [6, 6.07) is 14.7. The standard InChI is InChI=1S/C22H24N2OS/c1-16-6-3-9-21(17(16)2)24(13-5-12-23)22(25)15-26-20-11-10-18-7-4-8-19(18)14-20/h3,6,9-11,14H,4-5,7-8,13,15H2,1-2H3. The Kier molecular flexibility index (Phi) is 6.00. The third kappa shape index (κ3) is 4.11. The lowest BCUT2D eigenvalue weighted by Gasteiger charge is -2.24. The van der Waals surface area contributed by atoms with Gasteiger partial charge in [0.2, 0.25) is 5.91 Å². The molecule has 0 atom stereocenters. The molecule has 4 heteroatoms. The van der Waals surface area contributed by atoms with Gasteiger partial charge in [-0.05, 0) is 73.6 Å². The average Bonchev–Trinajstić information content (AvgIpc) is 3.11. The van der Waals surface area contributed by atoms with Gasteiger partial charge in [0.25, 0.3) is 0 Å². The van der Waals surface area contributed by atoms with Crippen LogP contribution in [0.2, 0.25) is 0 Å². The monoisotopic (exact) mass is 364 g/mol. The zero-order valence-corrected chi connectivity index (χ0v) is 16.2. The molecule has 0 bridgehead atoms. The van der Waals surface area contributed by atoms with Crippen molar-refractivity contribution in [3.8, 4) is 6.07 Å². The van der Waals surface area contributed by atoms with Crippen molar-refractivity contribution in [1.29, 1.82) is 5.26 Å². The number of rotatable bonds is 6. The van der Waals surface area contributed by atoms with E-state index in [-0.39, 0.29) is 5.91 Å². The van der Waals surface area contributed by atoms with Gasteiger partial charge in [-0.25, -0.2) is 0 Å². The lowest BCUT2D eigenvalue weighted by Crippen LogP contribution is -2.34. The van der Waals surface area contributed by atoms with Gasteiger partial charge in [-0.2, -0.15) is 5.26 Å². The fourth-order valence-electron chi connectivity index (χ4n) is 3.43. The van der Waals surface area contributed by atoms with Crippen LogP contribution in [0.5, 0.6) is 0 Å². The molecule has 0 heterocycles. The van der Waals surface area contributed by atoms with Crippen molar-refractivity contribution in [1.82, 2.24) is 0 Å². The van der Waals surface area contributed by atoms with Gasteiger partial charge in [0, 0.05) is 17.1 Å². The van der Waals surface area contributed by atoms with E-state index in [1.165, 1.54) is 24.0 Å². The lowest BCUT2D eigenvalue weighted by molar-refractivity contribution is -0.116. The number of anilines is 1. The lowest BCUT2D eigenvalue weighted by atomic mass is 10.1. The highest BCUT2D eigenvalue weighted by Crippen LogP contribution is 2.29. The summed E-state index contributed by atoms with van der Waals surface area (Å²) < 4.78 is 0. The molecule has 0 spiro atoms. The minimum atomic E-state index is 0.0550. The van der Waals surface area contributed by atoms with E-state index in [1.54, 1.807) is 16.7 Å². The molecule has 0 fully saturated rings. The molecule has 0 saturated heterocycles. The molecule has 1 aliphatic carbocycles. The first-order valence-corrected chi connectivity index (χ1v) is 10.1. The van der Waals surface area contributed by atoms with E-state index in [2.05, 4.69) is 24.3 Å². The first kappa shape index (κ1) is 18.5. The molecule has 2 aromatic carbocycles. The smallest absolute Gasteiger partial charge is 0.237 e. The van der Waals surface area contributed by atoms with Crippen LogP contribution in [0.4, 0.5) is 5.69 Å². The summed E-state index contributed by atoms with van der Waals surface area (Å²) >= 11 is 1.59. The number of hydrogen-bond acceptors (Lipinski definition) is 3. The number of fused-ring (bicyclic) bond motifs is 1. The van der Waals surface area contributed by atoms with Crippen LogP contribution >= 0.6 is 11.8 Å². The molecule has 3 nitrogen and oxygen atoms in total. The molecule has 0 N–H and O–H groups in total. The van der Waals surface area contributed by atoms with Crippen LogP contribution < -0.4 is 4.90 Å². The third-order valence-electron chi connectivity index (χ3n) is 5.05. The average molecular weight is 365 g/mol. The van der Waals surface area contributed by atoms with Gasteiger partial charge < -0.3 is 4.90 Å². The maximum absolute atomic E-state index is 12.9. The fourth-order valence-corrected chi connectivity index (χ4v) is 4.27. The van der Waals surface area contributed by atoms with Crippen LogP contribution in [0.15, 0.2) is 41.3 Å². The van der Waals surface area contributed by atoms with E-state index in [0.29, 0.717) is 18.7 Å². The zero-order valence-electron chi connectivity index (χ0n) is 15.4. The van der Waals surface area contributed by atoms with Gasteiger partial charge >= 0.3 is 0 Å². The molecule has 0 aliphatic heterocycles. The molecule has 3 rings (SSSR count). The molecular formula is C22H24N2OS. The maximum Gasteiger partial charge on any atom is 0.237 e. The molecule has 1 amide bonds. The van der Waals surface area contributed by atoms with Crippen molar-refractivity contribution in [2.24, 2.45) is 0 Å². The van der Waals surface area contributed by atoms with Gasteiger partial charge in [0.1, 0.15) is 0 Å². The third-order valence-corrected chi connectivity index (χ3v) is 6.03. The van der Waals surface area contributed by atoms with Gasteiger partial charge in [0.15, 0.2) is 0 Å². The number of amides is 1. The van der Waals surface area contributed by atoms with Crippen LogP contribution in [0, 0.1) is 25.2 Å². The second kappa shape index (κ2) is 8.42. The second-order valence-electron chi connectivity index (χ2n) is 6.75. The molecule has 134 valence electrons. The number of thioether (sulfide) groups is 1. The number of aryl methyl sites for hydroxylation is 3. The Hall–Kier alpha value is -2.25. The predicted octanol–water partition coefficient (Wildman–Crippen LogP) is 4.83. The SMILES string of the molecule is Cc1cccc(N(CCC#N)C(=O)CSc2ccc3c(c2)CCC3)c1C. The van der Waals surface area contributed by atoms with Crippen LogP contribution in [0.3, 0.4) is 0 Å². The van der Waals surface area contributed by atoms with Gasteiger partial charge in [-0.15, -0.1) is 11.8 Å². The summed E-state index contributed by atoms with van der Waals surface area (Å²) in [5.74, 6) is 0.442. The van der Waals surface area contributed by atoms with E-state index >= 15 is 0 Å². The molecule has 2 aromatic rings. The Morgan fingerprint density at radius 3 is 2.81 bits per heavy atom. The van der Waals surface area contributed by atoms with Crippen molar-refractivity contribution < 1.29 is 4.79 Å². The molecule has 0 unspecified atom stereocenters. The molecule has 0 aromatic heterocycles. The number of hydrogen-bond donors (Lipinski definition) is 0. The Morgan fingerprint density at radius 2 is 2.00 bits per heavy atom. The van der Waals surface area contributed by atoms with Crippen molar-refractivity contribution >= 4 is 23.4 Å². The minimum absolute atomic E-state index is 0.0550. The molecule has 0 saturated carbocycles. The number of carbonyl (C=O) groups is 1. The summed E-state index contributed by atoms with van der Waals surface area (Å²) in [7, 11) is 0. The van der Waals surface area contributed by atoms with E-state index < -0.39 is 0 Å². The summed E-state index contributed by atoms with van der Waals surface area (Å²) in [6.07, 6.45) is 3.89. The highest BCUT2D eigenvalue weighted by molar-refractivity contribution is 8.00. The Bertz CT molecular complexity index is 854. The number of benzene rings is 2. The van der Waals surface area contributed by atoms with Crippen LogP contribution in [-0.4, -0.2) is 18.2 Å². The minimum Gasteiger partial charge on any atom is -0.310 e. The van der Waals surface area contributed by atoms with E-state index in [9.17, 15) is 4.79 Å². The summed E-state index contributed by atoms with van der Waals surface area (Å²) in [5.41, 5.74) is 6.05. The zero-order chi connectivity index (χ0) is 18.5. The summed E-state index contributed by atoms with van der Waals surface area (Å²) in [4.78, 5) is 15.8. The largest absolute Gasteiger partial charge is 0.310 e. The number of nitriles is 1. The maximum atomic E-state index is 12.9. The molecule has 0 radical (unpaired) electrons. The van der Waals surface area contributed by atoms with Gasteiger partial charge in [-0.3, -0.25) is 4.79 Å². The van der Waals surface area contributed by atoms with Crippen LogP contribution in [0.1, 0.15) is 35.1 Å². The first-order valence-electron chi connectivity index (χ1n) is 9.08. The van der Waals surface area contributed by atoms with Crippen molar-refractivity contribution in [2.45, 2.75) is 44.4 Å². The molecule has 1 aliphatic rings. The summed E-state index contributed by atoms with van der Waals surface area (Å²) in [5, 5.41) is 8.97. The van der Waals surface area contributed by atoms with Crippen molar-refractivity contribution in [3.05, 3.63) is 58.7 Å². The van der Waals surface area contributed by atoms with Crippen LogP contribution in [0.25, 0.3) is 0 Å².